The zero-order valence-electron chi connectivity index (χ0n) is 9.50. The molecule has 1 unspecified atom stereocenters. The van der Waals surface area contributed by atoms with Gasteiger partial charge in [0.2, 0.25) is 5.91 Å². The standard InChI is InChI=1S/C11H22N2O2/c1-15-8-10(12)6-7-13-11(14)9-4-2-3-5-9/h9-10H,2-8,12H2,1H3,(H,13,14). The lowest BCUT2D eigenvalue weighted by Gasteiger charge is -2.13. The van der Waals surface area contributed by atoms with E-state index >= 15 is 0 Å². The lowest BCUT2D eigenvalue weighted by Crippen LogP contribution is -2.35. The van der Waals surface area contributed by atoms with Crippen molar-refractivity contribution in [3.8, 4) is 0 Å². The van der Waals surface area contributed by atoms with Crippen LogP contribution in [0.25, 0.3) is 0 Å². The summed E-state index contributed by atoms with van der Waals surface area (Å²) in [5.41, 5.74) is 5.75. The Balaban J connectivity index is 2.06. The molecule has 0 aromatic heterocycles. The molecule has 1 rings (SSSR count). The Bertz CT molecular complexity index is 191. The summed E-state index contributed by atoms with van der Waals surface area (Å²) in [5, 5.41) is 2.94. The van der Waals surface area contributed by atoms with Gasteiger partial charge >= 0.3 is 0 Å². The zero-order valence-corrected chi connectivity index (χ0v) is 9.50. The smallest absolute Gasteiger partial charge is 0.223 e. The normalized spacial score (nSPS) is 19.1. The summed E-state index contributed by atoms with van der Waals surface area (Å²) < 4.78 is 4.92. The molecule has 0 radical (unpaired) electrons. The summed E-state index contributed by atoms with van der Waals surface area (Å²) in [4.78, 5) is 11.6. The lowest BCUT2D eigenvalue weighted by molar-refractivity contribution is -0.124. The quantitative estimate of drug-likeness (QED) is 0.682. The van der Waals surface area contributed by atoms with Crippen molar-refractivity contribution in [2.75, 3.05) is 20.3 Å². The highest BCUT2D eigenvalue weighted by atomic mass is 16.5. The topological polar surface area (TPSA) is 64.3 Å². The summed E-state index contributed by atoms with van der Waals surface area (Å²) >= 11 is 0. The minimum Gasteiger partial charge on any atom is -0.383 e. The largest absolute Gasteiger partial charge is 0.383 e. The fourth-order valence-electron chi connectivity index (χ4n) is 2.01. The predicted molar refractivity (Wildman–Crippen MR) is 59.4 cm³/mol. The third-order valence-corrected chi connectivity index (χ3v) is 2.92. The second-order valence-electron chi connectivity index (χ2n) is 4.28. The number of amides is 1. The van der Waals surface area contributed by atoms with E-state index in [2.05, 4.69) is 5.32 Å². The summed E-state index contributed by atoms with van der Waals surface area (Å²) in [6.45, 7) is 1.22. The Labute approximate surface area is 91.5 Å². The van der Waals surface area contributed by atoms with Crippen LogP contribution in [0.15, 0.2) is 0 Å². The average Bonchev–Trinajstić information content (AvgIpc) is 2.70. The van der Waals surface area contributed by atoms with Crippen LogP contribution < -0.4 is 11.1 Å². The van der Waals surface area contributed by atoms with Crippen LogP contribution in [0.3, 0.4) is 0 Å². The lowest BCUT2D eigenvalue weighted by atomic mass is 10.1. The van der Waals surface area contributed by atoms with E-state index in [9.17, 15) is 4.79 Å². The fraction of sp³-hybridized carbons (Fsp3) is 0.909. The van der Waals surface area contributed by atoms with Gasteiger partial charge in [0.15, 0.2) is 0 Å². The molecule has 4 nitrogen and oxygen atoms in total. The molecule has 0 saturated heterocycles. The van der Waals surface area contributed by atoms with Crippen LogP contribution in [0.4, 0.5) is 0 Å². The molecule has 1 fully saturated rings. The van der Waals surface area contributed by atoms with E-state index in [-0.39, 0.29) is 17.9 Å². The molecule has 0 bridgehead atoms. The van der Waals surface area contributed by atoms with Gasteiger partial charge in [-0.3, -0.25) is 4.79 Å². The molecule has 1 atom stereocenters. The van der Waals surface area contributed by atoms with Crippen LogP contribution in [-0.4, -0.2) is 32.2 Å². The highest BCUT2D eigenvalue weighted by Crippen LogP contribution is 2.24. The monoisotopic (exact) mass is 214 g/mol. The number of carbonyl (C=O) groups excluding carboxylic acids is 1. The van der Waals surface area contributed by atoms with Gasteiger partial charge in [0.05, 0.1) is 6.61 Å². The van der Waals surface area contributed by atoms with Gasteiger partial charge in [0.1, 0.15) is 0 Å². The molecule has 0 aliphatic heterocycles. The zero-order chi connectivity index (χ0) is 11.1. The van der Waals surface area contributed by atoms with E-state index in [1.54, 1.807) is 7.11 Å². The van der Waals surface area contributed by atoms with Gasteiger partial charge < -0.3 is 15.8 Å². The molecule has 0 aromatic rings. The maximum atomic E-state index is 11.6. The van der Waals surface area contributed by atoms with E-state index in [0.717, 1.165) is 19.3 Å². The first-order valence-corrected chi connectivity index (χ1v) is 5.76. The van der Waals surface area contributed by atoms with Crippen LogP contribution in [-0.2, 0) is 9.53 Å². The van der Waals surface area contributed by atoms with Gasteiger partial charge in [-0.2, -0.15) is 0 Å². The van der Waals surface area contributed by atoms with Crippen molar-refractivity contribution in [3.63, 3.8) is 0 Å². The molecule has 1 aliphatic rings. The van der Waals surface area contributed by atoms with Crippen molar-refractivity contribution in [1.82, 2.24) is 5.32 Å². The first-order chi connectivity index (χ1) is 7.24. The highest BCUT2D eigenvalue weighted by molar-refractivity contribution is 5.78. The fourth-order valence-corrected chi connectivity index (χ4v) is 2.01. The van der Waals surface area contributed by atoms with Crippen molar-refractivity contribution >= 4 is 5.91 Å². The number of hydrogen-bond acceptors (Lipinski definition) is 3. The van der Waals surface area contributed by atoms with Crippen LogP contribution in [0, 0.1) is 5.92 Å². The van der Waals surface area contributed by atoms with Gasteiger partial charge in [0.25, 0.3) is 0 Å². The van der Waals surface area contributed by atoms with Crippen molar-refractivity contribution in [2.24, 2.45) is 11.7 Å². The molecule has 3 N–H and O–H groups in total. The molecule has 0 aromatic carbocycles. The molecule has 0 spiro atoms. The van der Waals surface area contributed by atoms with Crippen LogP contribution in [0.5, 0.6) is 0 Å². The molecule has 1 amide bonds. The maximum absolute atomic E-state index is 11.6. The average molecular weight is 214 g/mol. The van der Waals surface area contributed by atoms with Crippen LogP contribution in [0.2, 0.25) is 0 Å². The molecule has 15 heavy (non-hydrogen) atoms. The summed E-state index contributed by atoms with van der Waals surface area (Å²) in [6, 6.07) is 0.0267. The third kappa shape index (κ3) is 4.62. The Hall–Kier alpha value is -0.610. The number of ether oxygens (including phenoxy) is 1. The van der Waals surface area contributed by atoms with Gasteiger partial charge in [0, 0.05) is 25.6 Å². The Morgan fingerprint density at radius 1 is 1.53 bits per heavy atom. The first-order valence-electron chi connectivity index (χ1n) is 5.76. The van der Waals surface area contributed by atoms with Gasteiger partial charge in [-0.15, -0.1) is 0 Å². The first kappa shape index (κ1) is 12.5. The minimum absolute atomic E-state index is 0.0267. The summed E-state index contributed by atoms with van der Waals surface area (Å²) in [5.74, 6) is 0.459. The van der Waals surface area contributed by atoms with Gasteiger partial charge in [-0.1, -0.05) is 12.8 Å². The number of methoxy groups -OCH3 is 1. The third-order valence-electron chi connectivity index (χ3n) is 2.92. The number of nitrogens with two attached hydrogens (primary N) is 1. The van der Waals surface area contributed by atoms with Crippen molar-refractivity contribution in [1.29, 1.82) is 0 Å². The van der Waals surface area contributed by atoms with E-state index in [1.807, 2.05) is 0 Å². The van der Waals surface area contributed by atoms with E-state index in [0.29, 0.717) is 13.2 Å². The summed E-state index contributed by atoms with van der Waals surface area (Å²) in [6.07, 6.45) is 5.28. The maximum Gasteiger partial charge on any atom is 0.223 e. The second-order valence-corrected chi connectivity index (χ2v) is 4.28. The molecule has 1 aliphatic carbocycles. The highest BCUT2D eigenvalue weighted by Gasteiger charge is 2.21. The Kier molecular flexibility index (Phi) is 5.65. The summed E-state index contributed by atoms with van der Waals surface area (Å²) in [7, 11) is 1.64. The van der Waals surface area contributed by atoms with Crippen molar-refractivity contribution in [3.05, 3.63) is 0 Å². The van der Waals surface area contributed by atoms with Crippen molar-refractivity contribution in [2.45, 2.75) is 38.1 Å². The van der Waals surface area contributed by atoms with E-state index < -0.39 is 0 Å². The second kappa shape index (κ2) is 6.80. The number of rotatable bonds is 6. The van der Waals surface area contributed by atoms with Crippen LogP contribution >= 0.6 is 0 Å². The number of carbonyl (C=O) groups is 1. The van der Waals surface area contributed by atoms with Crippen LogP contribution in [0.1, 0.15) is 32.1 Å². The predicted octanol–water partition coefficient (Wildman–Crippen LogP) is 0.657. The molecular formula is C11H22N2O2. The SMILES string of the molecule is COCC(N)CCNC(=O)C1CCCC1. The van der Waals surface area contributed by atoms with Gasteiger partial charge in [-0.05, 0) is 19.3 Å². The minimum atomic E-state index is 0.0267. The Morgan fingerprint density at radius 3 is 2.80 bits per heavy atom. The van der Waals surface area contributed by atoms with E-state index in [4.69, 9.17) is 10.5 Å². The Morgan fingerprint density at radius 2 is 2.20 bits per heavy atom. The number of nitrogens with one attached hydrogen (secondary N) is 1. The molecule has 1 saturated carbocycles. The van der Waals surface area contributed by atoms with Crippen molar-refractivity contribution < 1.29 is 9.53 Å². The van der Waals surface area contributed by atoms with E-state index in [1.165, 1.54) is 12.8 Å². The molecule has 88 valence electrons. The molecule has 0 heterocycles. The molecular weight excluding hydrogens is 192 g/mol. The van der Waals surface area contributed by atoms with Gasteiger partial charge in [-0.25, -0.2) is 0 Å². The molecule has 4 heteroatoms. The number of hydrogen-bond donors (Lipinski definition) is 2.